The SMILES string of the molecule is O=C1CC=N/C1=C1/NCC=C1O. The van der Waals surface area contributed by atoms with E-state index in [1.807, 2.05) is 0 Å². The molecule has 2 aliphatic heterocycles. The van der Waals surface area contributed by atoms with Crippen molar-refractivity contribution >= 4 is 12.0 Å². The van der Waals surface area contributed by atoms with Crippen molar-refractivity contribution < 1.29 is 9.90 Å². The smallest absolute Gasteiger partial charge is 0.188 e. The quantitative estimate of drug-likeness (QED) is 0.506. The van der Waals surface area contributed by atoms with Crippen molar-refractivity contribution in [3.63, 3.8) is 0 Å². The summed E-state index contributed by atoms with van der Waals surface area (Å²) in [5.41, 5.74) is 0.815. The fourth-order valence-corrected chi connectivity index (χ4v) is 1.24. The lowest BCUT2D eigenvalue weighted by molar-refractivity contribution is -0.114. The van der Waals surface area contributed by atoms with Gasteiger partial charge < -0.3 is 10.4 Å². The van der Waals surface area contributed by atoms with Gasteiger partial charge in [-0.1, -0.05) is 0 Å². The van der Waals surface area contributed by atoms with Gasteiger partial charge in [0.15, 0.2) is 5.78 Å². The summed E-state index contributed by atoms with van der Waals surface area (Å²) in [7, 11) is 0. The highest BCUT2D eigenvalue weighted by molar-refractivity contribution is 6.09. The molecule has 0 saturated carbocycles. The number of carbonyl (C=O) groups excluding carboxylic acids is 1. The molecule has 0 aliphatic carbocycles. The summed E-state index contributed by atoms with van der Waals surface area (Å²) in [6.45, 7) is 0.563. The second-order valence-electron chi connectivity index (χ2n) is 2.63. The molecule has 4 heteroatoms. The average molecular weight is 164 g/mol. The van der Waals surface area contributed by atoms with E-state index in [4.69, 9.17) is 0 Å². The lowest BCUT2D eigenvalue weighted by Crippen LogP contribution is -2.11. The molecule has 2 N–H and O–H groups in total. The van der Waals surface area contributed by atoms with Crippen LogP contribution in [0.5, 0.6) is 0 Å². The maximum atomic E-state index is 11.1. The molecule has 0 atom stereocenters. The molecule has 0 amide bonds. The fourth-order valence-electron chi connectivity index (χ4n) is 1.24. The van der Waals surface area contributed by atoms with Crippen LogP contribution in [0.15, 0.2) is 28.2 Å². The van der Waals surface area contributed by atoms with Gasteiger partial charge in [-0.25, -0.2) is 0 Å². The number of aliphatic imine (C=N–C) groups is 1. The van der Waals surface area contributed by atoms with Crippen LogP contribution in [0, 0.1) is 0 Å². The van der Waals surface area contributed by atoms with Gasteiger partial charge in [0.2, 0.25) is 0 Å². The Kier molecular flexibility index (Phi) is 1.46. The standard InChI is InChI=1S/C8H8N2O2/c11-5-1-3-9-7(5)8-6(12)2-4-10-8/h1,4,9,11H,2-3H2/b8-7+. The van der Waals surface area contributed by atoms with Gasteiger partial charge in [0.25, 0.3) is 0 Å². The molecule has 4 nitrogen and oxygen atoms in total. The predicted molar refractivity (Wildman–Crippen MR) is 43.9 cm³/mol. The molecule has 0 spiro atoms. The summed E-state index contributed by atoms with van der Waals surface area (Å²) in [6, 6.07) is 0. The first-order valence-corrected chi connectivity index (χ1v) is 3.72. The van der Waals surface area contributed by atoms with Gasteiger partial charge in [0, 0.05) is 19.2 Å². The number of carbonyl (C=O) groups is 1. The molecule has 0 aromatic rings. The number of nitrogens with one attached hydrogen (secondary N) is 1. The van der Waals surface area contributed by atoms with Gasteiger partial charge in [-0.3, -0.25) is 9.79 Å². The molecule has 0 bridgehead atoms. The lowest BCUT2D eigenvalue weighted by Gasteiger charge is -2.01. The first-order valence-electron chi connectivity index (χ1n) is 3.72. The highest BCUT2D eigenvalue weighted by atomic mass is 16.3. The normalized spacial score (nSPS) is 27.7. The first-order chi connectivity index (χ1) is 5.79. The molecule has 0 unspecified atom stereocenters. The van der Waals surface area contributed by atoms with Crippen LogP contribution in [0.2, 0.25) is 0 Å². The van der Waals surface area contributed by atoms with Crippen molar-refractivity contribution in [3.8, 4) is 0 Å². The third-order valence-corrected chi connectivity index (χ3v) is 1.83. The molecule has 0 fully saturated rings. The van der Waals surface area contributed by atoms with Crippen LogP contribution in [0.4, 0.5) is 0 Å². The van der Waals surface area contributed by atoms with E-state index in [9.17, 15) is 9.90 Å². The van der Waals surface area contributed by atoms with E-state index >= 15 is 0 Å². The molecule has 2 aliphatic rings. The highest BCUT2D eigenvalue weighted by Gasteiger charge is 2.22. The summed E-state index contributed by atoms with van der Waals surface area (Å²) in [6.07, 6.45) is 3.51. The zero-order valence-electron chi connectivity index (χ0n) is 6.37. The molecule has 0 radical (unpaired) electrons. The van der Waals surface area contributed by atoms with Crippen LogP contribution in [0.25, 0.3) is 0 Å². The number of allylic oxidation sites excluding steroid dienone is 1. The number of rotatable bonds is 0. The molecule has 0 aromatic carbocycles. The Morgan fingerprint density at radius 2 is 2.42 bits per heavy atom. The maximum Gasteiger partial charge on any atom is 0.188 e. The van der Waals surface area contributed by atoms with E-state index in [-0.39, 0.29) is 11.5 Å². The van der Waals surface area contributed by atoms with E-state index in [2.05, 4.69) is 10.3 Å². The van der Waals surface area contributed by atoms with Gasteiger partial charge in [-0.15, -0.1) is 0 Å². The molecular formula is C8H8N2O2. The first kappa shape index (κ1) is 7.09. The maximum absolute atomic E-state index is 11.1. The molecule has 2 heterocycles. The molecule has 62 valence electrons. The molecule has 12 heavy (non-hydrogen) atoms. The Labute approximate surface area is 69.3 Å². The zero-order chi connectivity index (χ0) is 8.55. The Balaban J connectivity index is 2.43. The molecular weight excluding hydrogens is 156 g/mol. The van der Waals surface area contributed by atoms with Crippen LogP contribution in [0.3, 0.4) is 0 Å². The van der Waals surface area contributed by atoms with Crippen LogP contribution in [0.1, 0.15) is 6.42 Å². The summed E-state index contributed by atoms with van der Waals surface area (Å²) >= 11 is 0. The summed E-state index contributed by atoms with van der Waals surface area (Å²) in [5, 5.41) is 12.2. The number of aliphatic hydroxyl groups is 1. The van der Waals surface area contributed by atoms with Crippen molar-refractivity contribution in [2.24, 2.45) is 4.99 Å². The summed E-state index contributed by atoms with van der Waals surface area (Å²) in [4.78, 5) is 15.0. The van der Waals surface area contributed by atoms with Gasteiger partial charge in [0.05, 0.1) is 0 Å². The molecule has 0 saturated heterocycles. The van der Waals surface area contributed by atoms with E-state index < -0.39 is 0 Å². The second kappa shape index (κ2) is 2.48. The summed E-state index contributed by atoms with van der Waals surface area (Å²) in [5.74, 6) is 0.0803. The number of hydrogen-bond donors (Lipinski definition) is 2. The van der Waals surface area contributed by atoms with Gasteiger partial charge in [0.1, 0.15) is 17.2 Å². The van der Waals surface area contributed by atoms with Crippen LogP contribution < -0.4 is 5.32 Å². The van der Waals surface area contributed by atoms with Crippen LogP contribution in [-0.2, 0) is 4.79 Å². The number of ketones is 1. The van der Waals surface area contributed by atoms with Crippen molar-refractivity contribution in [1.29, 1.82) is 0 Å². The largest absolute Gasteiger partial charge is 0.506 e. The third-order valence-electron chi connectivity index (χ3n) is 1.83. The topological polar surface area (TPSA) is 61.7 Å². The van der Waals surface area contributed by atoms with Crippen molar-refractivity contribution in [2.75, 3.05) is 6.54 Å². The van der Waals surface area contributed by atoms with Crippen molar-refractivity contribution in [1.82, 2.24) is 5.32 Å². The number of aliphatic hydroxyl groups excluding tert-OH is 1. The summed E-state index contributed by atoms with van der Waals surface area (Å²) < 4.78 is 0. The van der Waals surface area contributed by atoms with Crippen molar-refractivity contribution in [3.05, 3.63) is 23.2 Å². The number of nitrogens with zero attached hydrogens (tertiary/aromatic N) is 1. The minimum absolute atomic E-state index is 0.0423. The minimum atomic E-state index is -0.0423. The predicted octanol–water partition coefficient (Wildman–Crippen LogP) is 0.287. The van der Waals surface area contributed by atoms with Gasteiger partial charge in [-0.05, 0) is 6.08 Å². The Morgan fingerprint density at radius 3 is 2.92 bits per heavy atom. The second-order valence-corrected chi connectivity index (χ2v) is 2.63. The number of hydrogen-bond acceptors (Lipinski definition) is 4. The Morgan fingerprint density at radius 1 is 1.58 bits per heavy atom. The van der Waals surface area contributed by atoms with Crippen LogP contribution >= 0.6 is 0 Å². The molecule has 2 rings (SSSR count). The van der Waals surface area contributed by atoms with E-state index in [0.29, 0.717) is 24.4 Å². The lowest BCUT2D eigenvalue weighted by atomic mass is 10.2. The van der Waals surface area contributed by atoms with E-state index in [1.165, 1.54) is 0 Å². The Hall–Kier alpha value is -1.58. The monoisotopic (exact) mass is 164 g/mol. The third kappa shape index (κ3) is 0.922. The Bertz CT molecular complexity index is 326. The van der Waals surface area contributed by atoms with E-state index in [1.54, 1.807) is 12.3 Å². The van der Waals surface area contributed by atoms with Crippen molar-refractivity contribution in [2.45, 2.75) is 6.42 Å². The van der Waals surface area contributed by atoms with E-state index in [0.717, 1.165) is 0 Å². The zero-order valence-corrected chi connectivity index (χ0v) is 6.37. The minimum Gasteiger partial charge on any atom is -0.506 e. The average Bonchev–Trinajstić information content (AvgIpc) is 2.59. The number of Topliss-reactive ketones (excluding diaryl/α,β-unsaturated/α-hetero) is 1. The van der Waals surface area contributed by atoms with Crippen LogP contribution in [-0.4, -0.2) is 23.6 Å². The fraction of sp³-hybridized carbons (Fsp3) is 0.250. The highest BCUT2D eigenvalue weighted by Crippen LogP contribution is 2.19. The molecule has 0 aromatic heterocycles. The van der Waals surface area contributed by atoms with Gasteiger partial charge >= 0.3 is 0 Å². The van der Waals surface area contributed by atoms with Gasteiger partial charge in [-0.2, -0.15) is 0 Å².